The molecule has 2 amide bonds. The van der Waals surface area contributed by atoms with Gasteiger partial charge in [0.15, 0.2) is 0 Å². The van der Waals surface area contributed by atoms with Gasteiger partial charge in [-0.3, -0.25) is 0 Å². The highest BCUT2D eigenvalue weighted by atomic mass is 19.4. The number of carbonyl (C=O) groups excluding carboxylic acids is 1. The maximum atomic E-state index is 13.2. The van der Waals surface area contributed by atoms with Crippen molar-refractivity contribution in [3.8, 4) is 0 Å². The summed E-state index contributed by atoms with van der Waals surface area (Å²) in [6.45, 7) is 1.17. The number of aliphatic hydroxyl groups is 1. The molecule has 9 heteroatoms. The Bertz CT molecular complexity index is 667. The van der Waals surface area contributed by atoms with Gasteiger partial charge in [-0.2, -0.15) is 13.2 Å². The molecule has 0 radical (unpaired) electrons. The molecule has 1 atom stereocenters. The lowest BCUT2D eigenvalue weighted by atomic mass is 9.96. The lowest BCUT2D eigenvalue weighted by Crippen LogP contribution is -2.45. The first-order valence-corrected chi connectivity index (χ1v) is 7.12. The zero-order chi connectivity index (χ0) is 17.8. The molecule has 6 nitrogen and oxygen atoms in total. The smallest absolute Gasteiger partial charge is 0.424 e. The van der Waals surface area contributed by atoms with E-state index in [1.165, 1.54) is 19.3 Å². The number of alkyl halides is 3. The largest absolute Gasteiger partial charge is 0.467 e. The van der Waals surface area contributed by atoms with Gasteiger partial charge in [0.25, 0.3) is 0 Å². The number of halogens is 3. The summed E-state index contributed by atoms with van der Waals surface area (Å²) in [5.74, 6) is 0.144. The number of hydrogen-bond donors (Lipinski definition) is 3. The molecule has 3 N–H and O–H groups in total. The van der Waals surface area contributed by atoms with Gasteiger partial charge in [0.05, 0.1) is 12.8 Å². The molecule has 2 aromatic rings. The van der Waals surface area contributed by atoms with E-state index in [-0.39, 0.29) is 12.3 Å². The number of hydrogen-bond acceptors (Lipinski definition) is 4. The van der Waals surface area contributed by atoms with Gasteiger partial charge in [0, 0.05) is 13.0 Å². The van der Waals surface area contributed by atoms with Crippen LogP contribution in [0, 0.1) is 6.92 Å². The fourth-order valence-electron chi connectivity index (χ4n) is 2.06. The van der Waals surface area contributed by atoms with Gasteiger partial charge < -0.3 is 24.6 Å². The summed E-state index contributed by atoms with van der Waals surface area (Å²) in [5.41, 5.74) is -3.17. The van der Waals surface area contributed by atoms with Crippen molar-refractivity contribution in [3.05, 3.63) is 47.8 Å². The Morgan fingerprint density at radius 2 is 2.00 bits per heavy atom. The molecule has 0 aromatic carbocycles. The summed E-state index contributed by atoms with van der Waals surface area (Å²) < 4.78 is 49.5. The molecule has 0 aliphatic rings. The van der Waals surface area contributed by atoms with Crippen LogP contribution in [-0.2, 0) is 12.1 Å². The Morgan fingerprint density at radius 3 is 2.54 bits per heavy atom. The average Bonchev–Trinajstić information content (AvgIpc) is 3.15. The monoisotopic (exact) mass is 346 g/mol. The van der Waals surface area contributed by atoms with Crippen molar-refractivity contribution in [2.24, 2.45) is 0 Å². The highest BCUT2D eigenvalue weighted by molar-refractivity contribution is 5.73. The summed E-state index contributed by atoms with van der Waals surface area (Å²) in [6, 6.07) is 5.01. The van der Waals surface area contributed by atoms with E-state index in [1.54, 1.807) is 12.1 Å². The molecular formula is C15H17F3N2O4. The van der Waals surface area contributed by atoms with E-state index in [1.807, 2.05) is 0 Å². The molecule has 0 saturated heterocycles. The second-order valence-corrected chi connectivity index (χ2v) is 5.21. The highest BCUT2D eigenvalue weighted by Gasteiger charge is 2.56. The maximum Gasteiger partial charge on any atom is 0.424 e. The molecule has 2 heterocycles. The first-order chi connectivity index (χ1) is 11.2. The predicted octanol–water partition coefficient (Wildman–Crippen LogP) is 2.82. The Hall–Kier alpha value is -2.42. The minimum Gasteiger partial charge on any atom is -0.467 e. The van der Waals surface area contributed by atoms with Crippen molar-refractivity contribution in [1.29, 1.82) is 0 Å². The van der Waals surface area contributed by atoms with Crippen molar-refractivity contribution < 1.29 is 31.9 Å². The summed E-state index contributed by atoms with van der Waals surface area (Å²) in [5, 5.41) is 14.7. The second-order valence-electron chi connectivity index (χ2n) is 5.21. The number of nitrogens with one attached hydrogen (secondary N) is 2. The standard InChI is InChI=1S/C15H17F3N2O4/c1-10-4-5-12(24-10)14(22,15(16,17)18)6-7-19-13(21)20-9-11-3-2-8-23-11/h2-5,8,22H,6-7,9H2,1H3,(H2,19,20,21). The van der Waals surface area contributed by atoms with Crippen LogP contribution in [0.2, 0.25) is 0 Å². The fourth-order valence-corrected chi connectivity index (χ4v) is 2.06. The van der Waals surface area contributed by atoms with Crippen molar-refractivity contribution in [3.63, 3.8) is 0 Å². The molecule has 2 aromatic heterocycles. The minimum absolute atomic E-state index is 0.0970. The van der Waals surface area contributed by atoms with Gasteiger partial charge in [-0.15, -0.1) is 0 Å². The quantitative estimate of drug-likeness (QED) is 0.751. The number of urea groups is 1. The lowest BCUT2D eigenvalue weighted by molar-refractivity contribution is -0.274. The first-order valence-electron chi connectivity index (χ1n) is 7.12. The molecule has 0 spiro atoms. The van der Waals surface area contributed by atoms with E-state index in [4.69, 9.17) is 8.83 Å². The van der Waals surface area contributed by atoms with Crippen LogP contribution in [0.3, 0.4) is 0 Å². The molecule has 0 aliphatic heterocycles. The summed E-state index contributed by atoms with van der Waals surface area (Å²) in [4.78, 5) is 11.6. The Balaban J connectivity index is 1.90. The third kappa shape index (κ3) is 4.10. The summed E-state index contributed by atoms with van der Waals surface area (Å²) >= 11 is 0. The normalized spacial score (nSPS) is 14.2. The van der Waals surface area contributed by atoms with Crippen LogP contribution in [0.4, 0.5) is 18.0 Å². The molecule has 0 bridgehead atoms. The van der Waals surface area contributed by atoms with E-state index in [0.29, 0.717) is 5.76 Å². The number of amides is 2. The van der Waals surface area contributed by atoms with Crippen LogP contribution in [0.5, 0.6) is 0 Å². The van der Waals surface area contributed by atoms with Crippen LogP contribution < -0.4 is 10.6 Å². The molecule has 0 saturated carbocycles. The van der Waals surface area contributed by atoms with Gasteiger partial charge in [-0.05, 0) is 31.2 Å². The Labute approximate surface area is 135 Å². The Morgan fingerprint density at radius 1 is 1.25 bits per heavy atom. The van der Waals surface area contributed by atoms with E-state index in [9.17, 15) is 23.1 Å². The number of furan rings is 2. The van der Waals surface area contributed by atoms with Gasteiger partial charge in [0.2, 0.25) is 5.60 Å². The van der Waals surface area contributed by atoms with Crippen LogP contribution in [-0.4, -0.2) is 23.9 Å². The van der Waals surface area contributed by atoms with Gasteiger partial charge in [-0.25, -0.2) is 4.79 Å². The number of rotatable bonds is 6. The van der Waals surface area contributed by atoms with Crippen molar-refractivity contribution in [1.82, 2.24) is 10.6 Å². The Kier molecular flexibility index (Phi) is 5.23. The van der Waals surface area contributed by atoms with Gasteiger partial charge in [0.1, 0.15) is 17.3 Å². The van der Waals surface area contributed by atoms with E-state index >= 15 is 0 Å². The molecular weight excluding hydrogens is 329 g/mol. The van der Waals surface area contributed by atoms with E-state index in [2.05, 4.69) is 10.6 Å². The summed E-state index contributed by atoms with van der Waals surface area (Å²) in [6.07, 6.45) is -4.29. The second kappa shape index (κ2) is 7.00. The minimum atomic E-state index is -4.94. The van der Waals surface area contributed by atoms with Crippen LogP contribution >= 0.6 is 0 Å². The van der Waals surface area contributed by atoms with E-state index < -0.39 is 36.5 Å². The van der Waals surface area contributed by atoms with Crippen molar-refractivity contribution in [2.75, 3.05) is 6.54 Å². The zero-order valence-electron chi connectivity index (χ0n) is 12.8. The lowest BCUT2D eigenvalue weighted by Gasteiger charge is -2.28. The average molecular weight is 346 g/mol. The third-order valence-corrected chi connectivity index (χ3v) is 3.39. The topological polar surface area (TPSA) is 87.6 Å². The fraction of sp³-hybridized carbons (Fsp3) is 0.400. The first kappa shape index (κ1) is 17.9. The molecule has 2 rings (SSSR count). The zero-order valence-corrected chi connectivity index (χ0v) is 12.8. The predicted molar refractivity (Wildman–Crippen MR) is 77.0 cm³/mol. The number of aryl methyl sites for hydroxylation is 1. The van der Waals surface area contributed by atoms with Gasteiger partial charge >= 0.3 is 12.2 Å². The molecule has 0 fully saturated rings. The SMILES string of the molecule is Cc1ccc(C(O)(CCNC(=O)NCc2ccco2)C(F)(F)F)o1. The molecule has 0 aliphatic carbocycles. The van der Waals surface area contributed by atoms with E-state index in [0.717, 1.165) is 6.07 Å². The van der Waals surface area contributed by atoms with Crippen LogP contribution in [0.25, 0.3) is 0 Å². The molecule has 1 unspecified atom stereocenters. The molecule has 132 valence electrons. The number of carbonyl (C=O) groups is 1. The highest BCUT2D eigenvalue weighted by Crippen LogP contribution is 2.41. The van der Waals surface area contributed by atoms with Gasteiger partial charge in [-0.1, -0.05) is 0 Å². The third-order valence-electron chi connectivity index (χ3n) is 3.39. The summed E-state index contributed by atoms with van der Waals surface area (Å²) in [7, 11) is 0. The van der Waals surface area contributed by atoms with Crippen molar-refractivity contribution in [2.45, 2.75) is 31.7 Å². The molecule has 24 heavy (non-hydrogen) atoms. The van der Waals surface area contributed by atoms with Crippen LogP contribution in [0.1, 0.15) is 23.7 Å². The van der Waals surface area contributed by atoms with Crippen molar-refractivity contribution >= 4 is 6.03 Å². The maximum absolute atomic E-state index is 13.2. The van der Waals surface area contributed by atoms with Crippen LogP contribution in [0.15, 0.2) is 39.4 Å².